The first-order chi connectivity index (χ1) is 31.5. The Labute approximate surface area is 372 Å². The van der Waals surface area contributed by atoms with Crippen LogP contribution in [0.1, 0.15) is 50.7 Å². The topological polar surface area (TPSA) is 38.9 Å². The summed E-state index contributed by atoms with van der Waals surface area (Å²) < 4.78 is 6.73. The molecule has 306 valence electrons. The van der Waals surface area contributed by atoms with E-state index in [2.05, 4.69) is 178 Å². The van der Waals surface area contributed by atoms with Crippen LogP contribution in [-0.2, 0) is 5.41 Å². The minimum absolute atomic E-state index is 0.0185. The van der Waals surface area contributed by atoms with Crippen molar-refractivity contribution in [2.75, 3.05) is 0 Å². The van der Waals surface area contributed by atoms with E-state index in [1.54, 1.807) is 11.1 Å². The van der Waals surface area contributed by atoms with Gasteiger partial charge in [0.1, 0.15) is 16.8 Å². The molecule has 3 aliphatic rings. The van der Waals surface area contributed by atoms with Gasteiger partial charge in [-0.3, -0.25) is 0 Å². The summed E-state index contributed by atoms with van der Waals surface area (Å²) in [6.07, 6.45) is 5.29. The van der Waals surface area contributed by atoms with Gasteiger partial charge in [0.2, 0.25) is 5.71 Å². The van der Waals surface area contributed by atoms with Crippen LogP contribution in [0.15, 0.2) is 174 Å². The molecule has 2 fully saturated rings. The first-order valence-electron chi connectivity index (χ1n) is 23.3. The number of nitrogens with zero attached hydrogens (tertiary/aromatic N) is 2. The van der Waals surface area contributed by atoms with E-state index in [1.807, 2.05) is 6.07 Å². The van der Waals surface area contributed by atoms with Crippen LogP contribution in [0.2, 0.25) is 0 Å². The summed E-state index contributed by atoms with van der Waals surface area (Å²) in [6, 6.07) is 62.7. The van der Waals surface area contributed by atoms with Crippen LogP contribution in [0.3, 0.4) is 0 Å². The summed E-state index contributed by atoms with van der Waals surface area (Å²) >= 11 is 0. The van der Waals surface area contributed by atoms with E-state index in [9.17, 15) is 0 Å². The fourth-order valence-corrected chi connectivity index (χ4v) is 13.6. The van der Waals surface area contributed by atoms with E-state index in [-0.39, 0.29) is 5.41 Å². The van der Waals surface area contributed by atoms with Crippen LogP contribution in [0.5, 0.6) is 0 Å². The van der Waals surface area contributed by atoms with Crippen molar-refractivity contribution in [1.29, 1.82) is 0 Å². The third kappa shape index (κ3) is 4.98. The SMILES string of the molecule is CC1CC2CC(C)C3(c4ccc5ccccc5c4-c4cccc(-c5ccc6cc(-c7nc8c(nc7-c7ccccc7)oc7c9ccccc9c9ccccc9c87)ccc6c5)c43)C(C1)C2. The predicted octanol–water partition coefficient (Wildman–Crippen LogP) is 16.3. The summed E-state index contributed by atoms with van der Waals surface area (Å²) in [7, 11) is 0. The van der Waals surface area contributed by atoms with Crippen molar-refractivity contribution in [2.45, 2.75) is 44.9 Å². The third-order valence-electron chi connectivity index (χ3n) is 15.9. The molecule has 2 heterocycles. The minimum atomic E-state index is -0.0185. The predicted molar refractivity (Wildman–Crippen MR) is 266 cm³/mol. The molecule has 3 heteroatoms. The number of furan rings is 1. The van der Waals surface area contributed by atoms with Gasteiger partial charge in [-0.1, -0.05) is 172 Å². The highest BCUT2D eigenvalue weighted by molar-refractivity contribution is 6.29. The van der Waals surface area contributed by atoms with Crippen LogP contribution in [-0.4, -0.2) is 9.97 Å². The van der Waals surface area contributed by atoms with E-state index in [0.717, 1.165) is 61.6 Å². The highest BCUT2D eigenvalue weighted by atomic mass is 16.3. The highest BCUT2D eigenvalue weighted by Gasteiger charge is 2.57. The van der Waals surface area contributed by atoms with Crippen molar-refractivity contribution in [2.24, 2.45) is 23.7 Å². The lowest BCUT2D eigenvalue weighted by atomic mass is 9.49. The van der Waals surface area contributed by atoms with Crippen LogP contribution in [0, 0.1) is 23.7 Å². The zero-order chi connectivity index (χ0) is 42.3. The molecule has 3 nitrogen and oxygen atoms in total. The number of rotatable bonds is 3. The maximum atomic E-state index is 6.73. The minimum Gasteiger partial charge on any atom is -0.436 e. The molecule has 0 saturated heterocycles. The molecule has 3 aliphatic carbocycles. The molecule has 9 aromatic carbocycles. The average molecular weight is 823 g/mol. The maximum absolute atomic E-state index is 6.73. The van der Waals surface area contributed by atoms with Gasteiger partial charge in [0, 0.05) is 21.9 Å². The van der Waals surface area contributed by atoms with Crippen LogP contribution in [0.4, 0.5) is 0 Å². The fourth-order valence-electron chi connectivity index (χ4n) is 13.6. The molecule has 2 bridgehead atoms. The molecular formula is C61H46N2O. The molecule has 2 aromatic heterocycles. The molecule has 5 unspecified atom stereocenters. The smallest absolute Gasteiger partial charge is 0.246 e. The van der Waals surface area contributed by atoms with E-state index < -0.39 is 0 Å². The van der Waals surface area contributed by atoms with E-state index in [4.69, 9.17) is 14.4 Å². The Bertz CT molecular complexity index is 3750. The Balaban J connectivity index is 0.960. The molecule has 1 spiro atoms. The second-order valence-electron chi connectivity index (χ2n) is 19.4. The number of hydrogen-bond acceptors (Lipinski definition) is 3. The monoisotopic (exact) mass is 822 g/mol. The van der Waals surface area contributed by atoms with Crippen LogP contribution in [0.25, 0.3) is 110 Å². The van der Waals surface area contributed by atoms with Crippen molar-refractivity contribution in [3.05, 3.63) is 181 Å². The zero-order valence-electron chi connectivity index (χ0n) is 36.1. The van der Waals surface area contributed by atoms with Gasteiger partial charge >= 0.3 is 0 Å². The maximum Gasteiger partial charge on any atom is 0.246 e. The van der Waals surface area contributed by atoms with Gasteiger partial charge in [0.15, 0.2) is 0 Å². The second kappa shape index (κ2) is 13.5. The summed E-state index contributed by atoms with van der Waals surface area (Å²) in [4.78, 5) is 10.9. The average Bonchev–Trinajstić information content (AvgIpc) is 3.88. The fraction of sp³-hybridized carbons (Fsp3) is 0.180. The number of hydrogen-bond donors (Lipinski definition) is 0. The summed E-state index contributed by atoms with van der Waals surface area (Å²) in [5.74, 6) is 2.75. The molecule has 14 rings (SSSR count). The van der Waals surface area contributed by atoms with Crippen molar-refractivity contribution in [1.82, 2.24) is 9.97 Å². The van der Waals surface area contributed by atoms with Crippen molar-refractivity contribution in [3.63, 3.8) is 0 Å². The number of benzene rings is 9. The summed E-state index contributed by atoms with van der Waals surface area (Å²) in [6.45, 7) is 5.10. The van der Waals surface area contributed by atoms with Gasteiger partial charge < -0.3 is 4.42 Å². The summed E-state index contributed by atoms with van der Waals surface area (Å²) in [5.41, 5.74) is 14.6. The van der Waals surface area contributed by atoms with Crippen molar-refractivity contribution in [3.8, 4) is 44.8 Å². The zero-order valence-corrected chi connectivity index (χ0v) is 36.1. The Morgan fingerprint density at radius 1 is 0.500 bits per heavy atom. The molecule has 0 amide bonds. The van der Waals surface area contributed by atoms with Crippen LogP contribution < -0.4 is 0 Å². The summed E-state index contributed by atoms with van der Waals surface area (Å²) in [5, 5.41) is 10.7. The molecular weight excluding hydrogens is 777 g/mol. The van der Waals surface area contributed by atoms with Gasteiger partial charge in [-0.15, -0.1) is 0 Å². The lowest BCUT2D eigenvalue weighted by molar-refractivity contribution is 0.0429. The third-order valence-corrected chi connectivity index (χ3v) is 15.9. The van der Waals surface area contributed by atoms with Crippen molar-refractivity contribution < 1.29 is 4.42 Å². The van der Waals surface area contributed by atoms with Gasteiger partial charge in [-0.25, -0.2) is 9.97 Å². The number of aromatic nitrogens is 2. The molecule has 0 N–H and O–H groups in total. The standard InChI is InChI=1S/C61H46N2O/c1-35-29-37-31-36(2)61(44(30-35)32-37)52-28-27-38-13-6-7-16-45(38)53(52)51-22-12-21-46(55(51)61)42-25-23-41-34-43(26-24-40(41)33-42)57-56(39-14-4-3-5-15-39)63-60-58(62-57)54-49-19-10-8-17-47(49)48-18-9-11-20-50(48)59(54)64-60/h3-28,33-37,44H,29-32H2,1-2H3. The molecule has 2 saturated carbocycles. The highest BCUT2D eigenvalue weighted by Crippen LogP contribution is 2.67. The second-order valence-corrected chi connectivity index (χ2v) is 19.4. The number of fused-ring (bicyclic) bond motifs is 19. The van der Waals surface area contributed by atoms with E-state index >= 15 is 0 Å². The lowest BCUT2D eigenvalue weighted by Gasteiger charge is -2.55. The quantitative estimate of drug-likeness (QED) is 0.167. The van der Waals surface area contributed by atoms with Crippen molar-refractivity contribution >= 4 is 65.3 Å². The lowest BCUT2D eigenvalue weighted by Crippen LogP contribution is -2.49. The first kappa shape index (κ1) is 36.4. The van der Waals surface area contributed by atoms with Gasteiger partial charge in [0.05, 0.1) is 11.1 Å². The molecule has 11 aromatic rings. The Kier molecular flexibility index (Phi) is 7.65. The Hall–Kier alpha value is -7.10. The normalized spacial score (nSPS) is 21.4. The first-order valence-corrected chi connectivity index (χ1v) is 23.3. The Morgan fingerprint density at radius 2 is 1.16 bits per heavy atom. The molecule has 5 atom stereocenters. The van der Waals surface area contributed by atoms with E-state index in [1.165, 1.54) is 80.3 Å². The largest absolute Gasteiger partial charge is 0.436 e. The molecule has 64 heavy (non-hydrogen) atoms. The van der Waals surface area contributed by atoms with Gasteiger partial charge in [-0.2, -0.15) is 0 Å². The van der Waals surface area contributed by atoms with Gasteiger partial charge in [0.25, 0.3) is 0 Å². The Morgan fingerprint density at radius 3 is 1.98 bits per heavy atom. The van der Waals surface area contributed by atoms with Crippen LogP contribution >= 0.6 is 0 Å². The molecule has 0 aliphatic heterocycles. The molecule has 0 radical (unpaired) electrons. The van der Waals surface area contributed by atoms with Gasteiger partial charge in [-0.05, 0) is 133 Å². The van der Waals surface area contributed by atoms with E-state index in [0.29, 0.717) is 17.5 Å².